The Hall–Kier alpha value is -2.68. The highest BCUT2D eigenvalue weighted by molar-refractivity contribution is 7.99. The number of hydrogen-bond acceptors (Lipinski definition) is 5. The minimum Gasteiger partial charge on any atom is -0.493 e. The summed E-state index contributed by atoms with van der Waals surface area (Å²) in [6.45, 7) is 4.44. The van der Waals surface area contributed by atoms with Gasteiger partial charge in [0.25, 0.3) is 0 Å². The molecule has 3 aromatic rings. The van der Waals surface area contributed by atoms with E-state index < -0.39 is 17.8 Å². The number of carbonyl (C=O) groups is 1. The predicted molar refractivity (Wildman–Crippen MR) is 126 cm³/mol. The van der Waals surface area contributed by atoms with Gasteiger partial charge in [0.05, 0.1) is 18.4 Å². The van der Waals surface area contributed by atoms with Gasteiger partial charge in [0.1, 0.15) is 5.75 Å². The van der Waals surface area contributed by atoms with Crippen LogP contribution < -0.4 is 4.74 Å². The number of aliphatic carboxylic acids is 1. The molecule has 184 valence electrons. The van der Waals surface area contributed by atoms with Crippen LogP contribution in [0.5, 0.6) is 5.75 Å². The highest BCUT2D eigenvalue weighted by Crippen LogP contribution is 2.38. The second-order valence-electron chi connectivity index (χ2n) is 8.01. The molecule has 0 spiro atoms. The Kier molecular flexibility index (Phi) is 8.88. The van der Waals surface area contributed by atoms with Gasteiger partial charge in [0.2, 0.25) is 0 Å². The summed E-state index contributed by atoms with van der Waals surface area (Å²) in [7, 11) is 0. The average Bonchev–Trinajstić information content (AvgIpc) is 3.21. The lowest BCUT2D eigenvalue weighted by molar-refractivity contribution is -0.141. The van der Waals surface area contributed by atoms with Crippen LogP contribution in [0, 0.1) is 0 Å². The second-order valence-corrected chi connectivity index (χ2v) is 9.15. The zero-order chi connectivity index (χ0) is 24.7. The molecule has 1 heterocycles. The number of nitrogens with zero attached hydrogens (tertiary/aromatic N) is 1. The van der Waals surface area contributed by atoms with E-state index in [1.807, 2.05) is 25.1 Å². The molecule has 0 unspecified atom stereocenters. The van der Waals surface area contributed by atoms with Gasteiger partial charge >= 0.3 is 12.1 Å². The van der Waals surface area contributed by atoms with Crippen LogP contribution in [0.25, 0.3) is 11.0 Å². The number of ether oxygens (including phenoxy) is 1. The van der Waals surface area contributed by atoms with Gasteiger partial charge in [0, 0.05) is 16.2 Å². The smallest absolute Gasteiger partial charge is 0.437 e. The molecule has 0 fully saturated rings. The van der Waals surface area contributed by atoms with Crippen molar-refractivity contribution < 1.29 is 32.3 Å². The van der Waals surface area contributed by atoms with Crippen LogP contribution >= 0.6 is 11.8 Å². The van der Waals surface area contributed by atoms with Crippen molar-refractivity contribution in [1.82, 2.24) is 5.16 Å². The molecule has 1 aromatic heterocycles. The maximum absolute atomic E-state index is 13.2. The van der Waals surface area contributed by atoms with Gasteiger partial charge < -0.3 is 14.4 Å². The Labute approximate surface area is 200 Å². The van der Waals surface area contributed by atoms with Crippen molar-refractivity contribution in [2.24, 2.45) is 0 Å². The van der Waals surface area contributed by atoms with Crippen molar-refractivity contribution in [3.05, 3.63) is 52.7 Å². The fourth-order valence-corrected chi connectivity index (χ4v) is 4.81. The molecule has 0 aliphatic carbocycles. The largest absolute Gasteiger partial charge is 0.493 e. The number of aromatic nitrogens is 1. The molecule has 1 N–H and O–H groups in total. The van der Waals surface area contributed by atoms with E-state index in [2.05, 4.69) is 12.1 Å². The molecule has 0 saturated carbocycles. The highest BCUT2D eigenvalue weighted by Gasteiger charge is 2.37. The van der Waals surface area contributed by atoms with Crippen LogP contribution in [-0.4, -0.2) is 28.6 Å². The Morgan fingerprint density at radius 3 is 2.59 bits per heavy atom. The molecule has 5 nitrogen and oxygen atoms in total. The SMILES string of the molecule is CCCc1cc(CC(=O)O)ccc1SCCCOc1ccc2c(C(F)(F)F)noc2c1CCC. The quantitative estimate of drug-likeness (QED) is 0.217. The van der Waals surface area contributed by atoms with Gasteiger partial charge in [-0.3, -0.25) is 4.79 Å². The van der Waals surface area contributed by atoms with E-state index in [0.29, 0.717) is 24.3 Å². The number of halogens is 3. The van der Waals surface area contributed by atoms with E-state index in [-0.39, 0.29) is 17.4 Å². The Morgan fingerprint density at radius 1 is 1.15 bits per heavy atom. The molecular weight excluding hydrogens is 467 g/mol. The second kappa shape index (κ2) is 11.6. The number of aryl methyl sites for hydroxylation is 2. The standard InChI is InChI=1S/C25H28F3NO4S/c1-3-6-17-14-16(15-22(30)31)8-11-21(17)34-13-5-12-32-20-10-9-19-23(18(20)7-4-2)33-29-24(19)25(26,27)28/h8-11,14H,3-7,12-13,15H2,1-2H3,(H,30,31). The van der Waals surface area contributed by atoms with Crippen molar-refractivity contribution in [1.29, 1.82) is 0 Å². The number of thioether (sulfide) groups is 1. The zero-order valence-electron chi connectivity index (χ0n) is 19.2. The first-order chi connectivity index (χ1) is 16.2. The van der Waals surface area contributed by atoms with Crippen LogP contribution in [0.3, 0.4) is 0 Å². The summed E-state index contributed by atoms with van der Waals surface area (Å²) in [6.07, 6.45) is -0.729. The number of benzene rings is 2. The minimum absolute atomic E-state index is 0.00951. The fraction of sp³-hybridized carbons (Fsp3) is 0.440. The summed E-state index contributed by atoms with van der Waals surface area (Å²) >= 11 is 1.69. The molecule has 0 amide bonds. The number of fused-ring (bicyclic) bond motifs is 1. The molecule has 0 saturated heterocycles. The number of hydrogen-bond donors (Lipinski definition) is 1. The first-order valence-corrected chi connectivity index (χ1v) is 12.3. The third-order valence-corrected chi connectivity index (χ3v) is 6.47. The third-order valence-electron chi connectivity index (χ3n) is 5.27. The summed E-state index contributed by atoms with van der Waals surface area (Å²) < 4.78 is 50.5. The van der Waals surface area contributed by atoms with Gasteiger partial charge in [-0.15, -0.1) is 11.8 Å². The van der Waals surface area contributed by atoms with Gasteiger partial charge in [-0.05, 0) is 48.6 Å². The van der Waals surface area contributed by atoms with E-state index in [4.69, 9.17) is 14.4 Å². The lowest BCUT2D eigenvalue weighted by Crippen LogP contribution is -2.06. The van der Waals surface area contributed by atoms with E-state index in [1.54, 1.807) is 17.8 Å². The third kappa shape index (κ3) is 6.46. The molecule has 9 heteroatoms. The fourth-order valence-electron chi connectivity index (χ4n) is 3.81. The molecule has 0 bridgehead atoms. The Morgan fingerprint density at radius 2 is 1.91 bits per heavy atom. The van der Waals surface area contributed by atoms with Crippen LogP contribution in [0.4, 0.5) is 13.2 Å². The van der Waals surface area contributed by atoms with Crippen molar-refractivity contribution in [2.45, 2.75) is 63.4 Å². The highest BCUT2D eigenvalue weighted by atomic mass is 32.2. The lowest BCUT2D eigenvalue weighted by Gasteiger charge is -2.13. The summed E-state index contributed by atoms with van der Waals surface area (Å²) in [5.41, 5.74) is 1.67. The molecule has 34 heavy (non-hydrogen) atoms. The first kappa shape index (κ1) is 25.9. The first-order valence-electron chi connectivity index (χ1n) is 11.3. The maximum Gasteiger partial charge on any atom is 0.437 e. The number of rotatable bonds is 12. The van der Waals surface area contributed by atoms with Gasteiger partial charge in [-0.25, -0.2) is 0 Å². The lowest BCUT2D eigenvalue weighted by atomic mass is 10.0. The monoisotopic (exact) mass is 495 g/mol. The van der Waals surface area contributed by atoms with Crippen molar-refractivity contribution in [3.63, 3.8) is 0 Å². The van der Waals surface area contributed by atoms with Gasteiger partial charge in [-0.2, -0.15) is 13.2 Å². The van der Waals surface area contributed by atoms with E-state index in [9.17, 15) is 18.0 Å². The average molecular weight is 496 g/mol. The number of carboxylic acid groups (broad SMARTS) is 1. The minimum atomic E-state index is -4.57. The number of carboxylic acids is 1. The van der Waals surface area contributed by atoms with Gasteiger partial charge in [-0.1, -0.05) is 44.0 Å². The van der Waals surface area contributed by atoms with E-state index in [1.165, 1.54) is 6.07 Å². The maximum atomic E-state index is 13.2. The summed E-state index contributed by atoms with van der Waals surface area (Å²) in [6, 6.07) is 8.71. The molecule has 0 atom stereocenters. The summed E-state index contributed by atoms with van der Waals surface area (Å²) in [4.78, 5) is 12.1. The van der Waals surface area contributed by atoms with Crippen LogP contribution in [0.15, 0.2) is 39.8 Å². The number of alkyl halides is 3. The normalized spacial score (nSPS) is 11.8. The van der Waals surface area contributed by atoms with Crippen molar-refractivity contribution >= 4 is 28.7 Å². The van der Waals surface area contributed by atoms with Crippen LogP contribution in [0.2, 0.25) is 0 Å². The van der Waals surface area contributed by atoms with Crippen LogP contribution in [0.1, 0.15) is 55.5 Å². The Balaban J connectivity index is 1.63. The molecule has 0 aliphatic heterocycles. The van der Waals surface area contributed by atoms with Crippen molar-refractivity contribution in [2.75, 3.05) is 12.4 Å². The molecule has 2 aromatic carbocycles. The van der Waals surface area contributed by atoms with Crippen LogP contribution in [-0.2, 0) is 30.2 Å². The van der Waals surface area contributed by atoms with Crippen molar-refractivity contribution in [3.8, 4) is 5.75 Å². The molecule has 0 radical (unpaired) electrons. The van der Waals surface area contributed by atoms with E-state index >= 15 is 0 Å². The topological polar surface area (TPSA) is 72.6 Å². The zero-order valence-corrected chi connectivity index (χ0v) is 20.0. The Bertz CT molecular complexity index is 1130. The summed E-state index contributed by atoms with van der Waals surface area (Å²) in [5.74, 6) is 0.468. The van der Waals surface area contributed by atoms with Gasteiger partial charge in [0.15, 0.2) is 11.3 Å². The predicted octanol–water partition coefficient (Wildman–Crippen LogP) is 6.94. The molecular formula is C25H28F3NO4S. The molecule has 3 rings (SSSR count). The summed E-state index contributed by atoms with van der Waals surface area (Å²) in [5, 5.41) is 12.2. The van der Waals surface area contributed by atoms with E-state index in [0.717, 1.165) is 47.5 Å². The molecule has 0 aliphatic rings.